The molecule has 2 fully saturated rings. The lowest BCUT2D eigenvalue weighted by Crippen LogP contribution is -2.31. The van der Waals surface area contributed by atoms with Crippen LogP contribution in [0.4, 0.5) is 5.95 Å². The van der Waals surface area contributed by atoms with Gasteiger partial charge in [-0.05, 0) is 0 Å². The van der Waals surface area contributed by atoms with E-state index in [2.05, 4.69) is 28.1 Å². The maximum Gasteiger partial charge on any atom is 0.490 e. The van der Waals surface area contributed by atoms with Gasteiger partial charge in [-0.15, -0.1) is 0 Å². The van der Waals surface area contributed by atoms with Gasteiger partial charge < -0.3 is 44.5 Å². The van der Waals surface area contributed by atoms with Crippen LogP contribution in [0.3, 0.4) is 0 Å². The maximum atomic E-state index is 12.0. The topological polar surface area (TPSA) is 260 Å². The first kappa shape index (κ1) is 25.0. The van der Waals surface area contributed by atoms with Gasteiger partial charge in [-0.25, -0.2) is 23.7 Å². The molecule has 184 valence electrons. The Morgan fingerprint density at radius 2 is 1.88 bits per heavy atom. The second kappa shape index (κ2) is 8.82. The summed E-state index contributed by atoms with van der Waals surface area (Å²) < 4.78 is 64.6. The third-order valence-electron chi connectivity index (χ3n) is 4.36. The van der Waals surface area contributed by atoms with Crippen molar-refractivity contribution in [2.24, 2.45) is 0 Å². The molecule has 0 amide bonds. The highest BCUT2D eigenvalue weighted by atomic mass is 32.1. The third kappa shape index (κ3) is 5.58. The molecule has 2 aromatic rings. The summed E-state index contributed by atoms with van der Waals surface area (Å²) in [6.45, 7) is -0.843. The standard InChI is InChI=1S/C11H16N5O13P3S/c12-11-14-8-5(9(33)15-11)13-2-16(8)10-7-6(24-3-25-7)4(27-10)1-26-31(20,21)29-32(22,23)28-30(17,18)19/h2,4,6-7,10H,1,3H2,(H,20,21)(H,22,23)(H2,17,18,19)(H3,12,14,15,33). The number of phosphoric acid groups is 3. The molecule has 6 atom stereocenters. The van der Waals surface area contributed by atoms with Crippen molar-refractivity contribution in [3.8, 4) is 0 Å². The van der Waals surface area contributed by atoms with E-state index in [1.165, 1.54) is 10.9 Å². The Kier molecular flexibility index (Phi) is 6.67. The van der Waals surface area contributed by atoms with Crippen LogP contribution in [0.25, 0.3) is 11.2 Å². The molecule has 0 aliphatic carbocycles. The van der Waals surface area contributed by atoms with Crippen molar-refractivity contribution in [1.82, 2.24) is 19.5 Å². The molecule has 6 unspecified atom stereocenters. The van der Waals surface area contributed by atoms with E-state index < -0.39 is 54.6 Å². The molecule has 7 N–H and O–H groups in total. The first-order chi connectivity index (χ1) is 15.2. The number of imidazole rings is 1. The number of fused-ring (bicyclic) bond motifs is 2. The molecule has 0 saturated carbocycles. The highest BCUT2D eigenvalue weighted by molar-refractivity contribution is 7.71. The second-order valence-electron chi connectivity index (χ2n) is 6.61. The summed E-state index contributed by atoms with van der Waals surface area (Å²) in [7, 11) is -16.5. The van der Waals surface area contributed by atoms with E-state index in [1.54, 1.807) is 0 Å². The van der Waals surface area contributed by atoms with E-state index in [1.807, 2.05) is 0 Å². The molecular formula is C11H16N5O13P3S. The summed E-state index contributed by atoms with van der Waals surface area (Å²) in [6, 6.07) is 0. The first-order valence-electron chi connectivity index (χ1n) is 8.64. The van der Waals surface area contributed by atoms with E-state index >= 15 is 0 Å². The van der Waals surface area contributed by atoms with E-state index in [0.717, 1.165) is 0 Å². The Bertz CT molecular complexity index is 1260. The molecule has 33 heavy (non-hydrogen) atoms. The van der Waals surface area contributed by atoms with Crippen LogP contribution in [0.5, 0.6) is 0 Å². The zero-order valence-corrected chi connectivity index (χ0v) is 19.4. The minimum atomic E-state index is -5.65. The zero-order chi connectivity index (χ0) is 24.2. The van der Waals surface area contributed by atoms with Crippen LogP contribution >= 0.6 is 35.7 Å². The number of hydrogen-bond donors (Lipinski definition) is 6. The fraction of sp³-hybridized carbons (Fsp3) is 0.545. The summed E-state index contributed by atoms with van der Waals surface area (Å²) in [5.41, 5.74) is 6.39. The summed E-state index contributed by atoms with van der Waals surface area (Å²) in [5, 5.41) is 0. The molecule has 2 aromatic heterocycles. The molecular weight excluding hydrogens is 535 g/mol. The number of anilines is 1. The number of H-pyrrole nitrogens is 1. The van der Waals surface area contributed by atoms with Gasteiger partial charge in [-0.1, -0.05) is 12.2 Å². The van der Waals surface area contributed by atoms with Crippen molar-refractivity contribution in [3.05, 3.63) is 11.0 Å². The Hall–Kier alpha value is -1.14. The summed E-state index contributed by atoms with van der Waals surface area (Å²) >= 11 is 5.13. The van der Waals surface area contributed by atoms with Gasteiger partial charge in [0.2, 0.25) is 0 Å². The first-order valence-corrected chi connectivity index (χ1v) is 13.6. The SMILES string of the molecule is Nc1nc(=S)c2ncn(C3OC(COP(=O)(O)OP(=O)(O)OP(=O)(O)O)C4OCOC43)c2[nH]1. The van der Waals surface area contributed by atoms with E-state index in [4.69, 9.17) is 41.9 Å². The lowest BCUT2D eigenvalue weighted by molar-refractivity contribution is -0.107. The van der Waals surface area contributed by atoms with Gasteiger partial charge in [0.05, 0.1) is 12.9 Å². The molecule has 2 aliphatic rings. The molecule has 2 aliphatic heterocycles. The average Bonchev–Trinajstić information content (AvgIpc) is 3.31. The van der Waals surface area contributed by atoms with Gasteiger partial charge in [0.1, 0.15) is 36.3 Å². The third-order valence-corrected chi connectivity index (χ3v) is 8.45. The largest absolute Gasteiger partial charge is 0.490 e. The van der Waals surface area contributed by atoms with Gasteiger partial charge in [0.25, 0.3) is 0 Å². The minimum Gasteiger partial charge on any atom is -0.369 e. The van der Waals surface area contributed by atoms with Crippen molar-refractivity contribution in [1.29, 1.82) is 0 Å². The van der Waals surface area contributed by atoms with Crippen LogP contribution in [0.15, 0.2) is 6.33 Å². The Morgan fingerprint density at radius 3 is 2.58 bits per heavy atom. The van der Waals surface area contributed by atoms with Crippen LogP contribution in [0, 0.1) is 4.64 Å². The zero-order valence-electron chi connectivity index (χ0n) is 15.9. The smallest absolute Gasteiger partial charge is 0.369 e. The number of ether oxygens (including phenoxy) is 3. The molecule has 0 aromatic carbocycles. The number of rotatable bonds is 8. The van der Waals surface area contributed by atoms with Crippen molar-refractivity contribution in [2.45, 2.75) is 24.5 Å². The molecule has 4 rings (SSSR count). The highest BCUT2D eigenvalue weighted by Gasteiger charge is 2.52. The number of nitrogens with zero attached hydrogens (tertiary/aromatic N) is 3. The highest BCUT2D eigenvalue weighted by Crippen LogP contribution is 2.66. The van der Waals surface area contributed by atoms with Crippen molar-refractivity contribution >= 4 is 52.8 Å². The summed E-state index contributed by atoms with van der Waals surface area (Å²) in [5.74, 6) is 0.0246. The Balaban J connectivity index is 1.50. The van der Waals surface area contributed by atoms with E-state index in [-0.39, 0.29) is 17.4 Å². The lowest BCUT2D eigenvalue weighted by Gasteiger charge is -2.20. The number of phosphoric ester groups is 1. The fourth-order valence-corrected chi connectivity index (χ4v) is 6.54. The molecule has 0 radical (unpaired) electrons. The predicted molar refractivity (Wildman–Crippen MR) is 105 cm³/mol. The fourth-order valence-electron chi connectivity index (χ4n) is 3.26. The van der Waals surface area contributed by atoms with Gasteiger partial charge in [-0.2, -0.15) is 8.62 Å². The monoisotopic (exact) mass is 551 g/mol. The van der Waals surface area contributed by atoms with Gasteiger partial charge >= 0.3 is 23.5 Å². The molecule has 18 nitrogen and oxygen atoms in total. The van der Waals surface area contributed by atoms with Crippen molar-refractivity contribution < 1.29 is 60.6 Å². The summed E-state index contributed by atoms with van der Waals surface area (Å²) in [6.07, 6.45) is -2.08. The number of nitrogens with one attached hydrogen (secondary N) is 1. The molecule has 0 bridgehead atoms. The molecule has 22 heteroatoms. The number of nitrogens with two attached hydrogens (primary N) is 1. The van der Waals surface area contributed by atoms with Crippen LogP contribution < -0.4 is 5.73 Å². The van der Waals surface area contributed by atoms with Crippen LogP contribution in [-0.4, -0.2) is 70.8 Å². The van der Waals surface area contributed by atoms with Crippen molar-refractivity contribution in [2.75, 3.05) is 19.1 Å². The lowest BCUT2D eigenvalue weighted by atomic mass is 10.1. The molecule has 4 heterocycles. The number of aromatic nitrogens is 4. The average molecular weight is 551 g/mol. The molecule has 2 saturated heterocycles. The Morgan fingerprint density at radius 1 is 1.18 bits per heavy atom. The van der Waals surface area contributed by atoms with Gasteiger partial charge in [-0.3, -0.25) is 9.09 Å². The number of hydrogen-bond acceptors (Lipinski definition) is 13. The van der Waals surface area contributed by atoms with Gasteiger partial charge in [0, 0.05) is 0 Å². The maximum absolute atomic E-state index is 12.0. The van der Waals surface area contributed by atoms with Crippen LogP contribution in [-0.2, 0) is 41.1 Å². The van der Waals surface area contributed by atoms with E-state index in [0.29, 0.717) is 11.2 Å². The minimum absolute atomic E-state index is 0.0246. The number of nitrogen functional groups attached to an aromatic ring is 1. The molecule has 0 spiro atoms. The summed E-state index contributed by atoms with van der Waals surface area (Å²) in [4.78, 5) is 46.9. The van der Waals surface area contributed by atoms with E-state index in [9.17, 15) is 23.5 Å². The van der Waals surface area contributed by atoms with Crippen LogP contribution in [0.1, 0.15) is 6.23 Å². The second-order valence-corrected chi connectivity index (χ2v) is 11.4. The quantitative estimate of drug-likeness (QED) is 0.187. The normalized spacial score (nSPS) is 29.1. The van der Waals surface area contributed by atoms with Crippen LogP contribution in [0.2, 0.25) is 0 Å². The van der Waals surface area contributed by atoms with Crippen molar-refractivity contribution in [3.63, 3.8) is 0 Å². The predicted octanol–water partition coefficient (Wildman–Crippen LogP) is 0.0533. The Labute approximate surface area is 188 Å². The number of aromatic amines is 1. The van der Waals surface area contributed by atoms with Gasteiger partial charge in [0.15, 0.2) is 16.8 Å².